The summed E-state index contributed by atoms with van der Waals surface area (Å²) in [6.45, 7) is 6.64. The quantitative estimate of drug-likeness (QED) is 0.387. The lowest BCUT2D eigenvalue weighted by Crippen LogP contribution is -2.63. The molecule has 1 rings (SSSR count). The standard InChI is InChI=1S/C10H11F9O3S.C5H13N/c11-7(12,9(15,16)17)8(13,14)10(18,19)23(20,21)22-6-4-2-1-3-5-6;1-4-6(3)5-2/h6H,1-5H2;4-5H2,1-3H3. The first kappa shape index (κ1) is 28.2. The molecule has 0 bridgehead atoms. The maximum absolute atomic E-state index is 13.3. The Balaban J connectivity index is 0.00000113. The fraction of sp³-hybridized carbons (Fsp3) is 1.00. The van der Waals surface area contributed by atoms with E-state index in [9.17, 15) is 47.9 Å². The summed E-state index contributed by atoms with van der Waals surface area (Å²) in [5.41, 5.74) is 0. The third-order valence-electron chi connectivity index (χ3n) is 4.32. The van der Waals surface area contributed by atoms with Crippen molar-refractivity contribution in [2.45, 2.75) is 75.3 Å². The Morgan fingerprint density at radius 3 is 1.55 bits per heavy atom. The van der Waals surface area contributed by atoms with E-state index in [0.717, 1.165) is 13.1 Å². The van der Waals surface area contributed by atoms with Gasteiger partial charge >= 0.3 is 33.4 Å². The molecule has 14 heteroatoms. The van der Waals surface area contributed by atoms with Crippen molar-refractivity contribution in [3.63, 3.8) is 0 Å². The van der Waals surface area contributed by atoms with Gasteiger partial charge in [-0.3, -0.25) is 4.18 Å². The largest absolute Gasteiger partial charge is 0.460 e. The molecule has 0 heterocycles. The van der Waals surface area contributed by atoms with Crippen molar-refractivity contribution < 1.29 is 52.1 Å². The first-order valence-electron chi connectivity index (χ1n) is 8.70. The molecule has 176 valence electrons. The first-order valence-corrected chi connectivity index (χ1v) is 10.1. The van der Waals surface area contributed by atoms with Crippen molar-refractivity contribution >= 4 is 10.1 Å². The number of hydrogen-bond donors (Lipinski definition) is 0. The van der Waals surface area contributed by atoms with Crippen molar-refractivity contribution in [1.82, 2.24) is 4.90 Å². The first-order chi connectivity index (χ1) is 12.9. The van der Waals surface area contributed by atoms with Crippen molar-refractivity contribution in [2.24, 2.45) is 0 Å². The Bertz CT molecular complexity index is 599. The van der Waals surface area contributed by atoms with Crippen LogP contribution in [0.25, 0.3) is 0 Å². The second-order valence-electron chi connectivity index (χ2n) is 6.46. The van der Waals surface area contributed by atoms with E-state index in [0.29, 0.717) is 19.3 Å². The molecule has 0 unspecified atom stereocenters. The van der Waals surface area contributed by atoms with Gasteiger partial charge in [-0.15, -0.1) is 0 Å². The summed E-state index contributed by atoms with van der Waals surface area (Å²) in [6, 6.07) is 0. The zero-order valence-electron chi connectivity index (χ0n) is 16.0. The van der Waals surface area contributed by atoms with Crippen LogP contribution in [-0.2, 0) is 14.3 Å². The second-order valence-corrected chi connectivity index (χ2v) is 8.08. The van der Waals surface area contributed by atoms with Crippen LogP contribution in [0.15, 0.2) is 0 Å². The predicted molar refractivity (Wildman–Crippen MR) is 86.6 cm³/mol. The zero-order valence-corrected chi connectivity index (χ0v) is 16.8. The third-order valence-corrected chi connectivity index (χ3v) is 5.73. The topological polar surface area (TPSA) is 46.6 Å². The average molecular weight is 469 g/mol. The van der Waals surface area contributed by atoms with Gasteiger partial charge < -0.3 is 4.90 Å². The van der Waals surface area contributed by atoms with E-state index < -0.39 is 39.5 Å². The molecule has 4 nitrogen and oxygen atoms in total. The van der Waals surface area contributed by atoms with Gasteiger partial charge in [0.25, 0.3) is 0 Å². The third kappa shape index (κ3) is 6.36. The minimum absolute atomic E-state index is 0.128. The number of halogens is 9. The van der Waals surface area contributed by atoms with E-state index in [1.165, 1.54) is 0 Å². The molecule has 1 fully saturated rings. The highest BCUT2D eigenvalue weighted by atomic mass is 32.2. The average Bonchev–Trinajstić information content (AvgIpc) is 2.60. The Morgan fingerprint density at radius 1 is 0.828 bits per heavy atom. The monoisotopic (exact) mass is 469 g/mol. The van der Waals surface area contributed by atoms with Gasteiger partial charge in [-0.2, -0.15) is 47.9 Å². The Hall–Kier alpha value is -0.760. The summed E-state index contributed by atoms with van der Waals surface area (Å²) in [6.07, 6.45) is -7.62. The van der Waals surface area contributed by atoms with Crippen LogP contribution in [0, 0.1) is 0 Å². The van der Waals surface area contributed by atoms with E-state index in [1.807, 2.05) is 0 Å². The highest BCUT2D eigenvalue weighted by Gasteiger charge is 2.85. The van der Waals surface area contributed by atoms with Gasteiger partial charge in [-0.25, -0.2) is 0 Å². The highest BCUT2D eigenvalue weighted by molar-refractivity contribution is 7.87. The number of rotatable bonds is 7. The number of hydrogen-bond acceptors (Lipinski definition) is 4. The molecule has 0 aromatic heterocycles. The molecule has 1 aliphatic rings. The van der Waals surface area contributed by atoms with Crippen molar-refractivity contribution in [1.29, 1.82) is 0 Å². The molecule has 29 heavy (non-hydrogen) atoms. The molecule has 1 aliphatic carbocycles. The lowest BCUT2D eigenvalue weighted by Gasteiger charge is -2.33. The summed E-state index contributed by atoms with van der Waals surface area (Å²) in [5.74, 6) is -14.5. The molecule has 0 amide bonds. The van der Waals surface area contributed by atoms with Crippen LogP contribution in [-0.4, -0.2) is 62.8 Å². The van der Waals surface area contributed by atoms with Crippen LogP contribution in [0.5, 0.6) is 0 Å². The van der Waals surface area contributed by atoms with Gasteiger partial charge in [0.2, 0.25) is 0 Å². The van der Waals surface area contributed by atoms with Crippen LogP contribution in [0.4, 0.5) is 39.5 Å². The van der Waals surface area contributed by atoms with Crippen LogP contribution >= 0.6 is 0 Å². The van der Waals surface area contributed by atoms with Crippen molar-refractivity contribution in [3.05, 3.63) is 0 Å². The van der Waals surface area contributed by atoms with Crippen LogP contribution < -0.4 is 0 Å². The van der Waals surface area contributed by atoms with E-state index >= 15 is 0 Å². The van der Waals surface area contributed by atoms with Gasteiger partial charge in [-0.1, -0.05) is 33.1 Å². The van der Waals surface area contributed by atoms with Crippen molar-refractivity contribution in [2.75, 3.05) is 20.1 Å². The second kappa shape index (κ2) is 10.0. The highest BCUT2D eigenvalue weighted by Crippen LogP contribution is 2.55. The van der Waals surface area contributed by atoms with Crippen LogP contribution in [0.3, 0.4) is 0 Å². The van der Waals surface area contributed by atoms with E-state index in [4.69, 9.17) is 0 Å². The normalized spacial score (nSPS) is 17.8. The molecule has 0 N–H and O–H groups in total. The summed E-state index contributed by atoms with van der Waals surface area (Å²) < 4.78 is 140. The summed E-state index contributed by atoms with van der Waals surface area (Å²) in [7, 11) is -4.61. The fourth-order valence-electron chi connectivity index (χ4n) is 2.14. The maximum atomic E-state index is 13.3. The van der Waals surface area contributed by atoms with E-state index in [1.54, 1.807) is 0 Å². The Morgan fingerprint density at radius 2 is 1.24 bits per heavy atom. The number of alkyl halides is 9. The van der Waals surface area contributed by atoms with Crippen LogP contribution in [0.1, 0.15) is 46.0 Å². The van der Waals surface area contributed by atoms with Gasteiger partial charge in [-0.05, 0) is 33.0 Å². The van der Waals surface area contributed by atoms with Gasteiger partial charge in [0, 0.05) is 0 Å². The number of nitrogens with zero attached hydrogens (tertiary/aromatic N) is 1. The molecule has 0 saturated heterocycles. The molecule has 0 atom stereocenters. The summed E-state index contributed by atoms with van der Waals surface area (Å²) in [4.78, 5) is 2.25. The fourth-order valence-corrected chi connectivity index (χ4v) is 3.26. The van der Waals surface area contributed by atoms with Crippen molar-refractivity contribution in [3.8, 4) is 0 Å². The van der Waals surface area contributed by atoms with E-state index in [-0.39, 0.29) is 12.8 Å². The van der Waals surface area contributed by atoms with Gasteiger partial charge in [0.05, 0.1) is 6.10 Å². The Kier molecular flexibility index (Phi) is 9.77. The minimum Gasteiger partial charge on any atom is -0.307 e. The molecular formula is C15H24F9NO3S. The lowest BCUT2D eigenvalue weighted by molar-refractivity contribution is -0.382. The van der Waals surface area contributed by atoms with Gasteiger partial charge in [0.15, 0.2) is 0 Å². The maximum Gasteiger partial charge on any atom is 0.460 e. The predicted octanol–water partition coefficient (Wildman–Crippen LogP) is 5.05. The Labute approximate surface area is 163 Å². The van der Waals surface area contributed by atoms with Crippen LogP contribution in [0.2, 0.25) is 0 Å². The SMILES string of the molecule is CCN(C)CC.O=S(=O)(OC1CCCCC1)C(F)(F)C(F)(F)C(F)(F)C(F)(F)F. The molecule has 0 aromatic carbocycles. The summed E-state index contributed by atoms with van der Waals surface area (Å²) in [5, 5.41) is -6.77. The summed E-state index contributed by atoms with van der Waals surface area (Å²) >= 11 is 0. The zero-order chi connectivity index (χ0) is 23.3. The molecule has 1 saturated carbocycles. The molecule has 0 aliphatic heterocycles. The molecule has 0 spiro atoms. The molecular weight excluding hydrogens is 445 g/mol. The molecule has 0 radical (unpaired) electrons. The van der Waals surface area contributed by atoms with Gasteiger partial charge in [0.1, 0.15) is 0 Å². The lowest BCUT2D eigenvalue weighted by atomic mass is 9.98. The molecule has 0 aromatic rings. The van der Waals surface area contributed by atoms with E-state index in [2.05, 4.69) is 30.0 Å². The smallest absolute Gasteiger partial charge is 0.307 e. The minimum atomic E-state index is -7.27.